The van der Waals surface area contributed by atoms with Gasteiger partial charge in [0.2, 0.25) is 0 Å². The van der Waals surface area contributed by atoms with E-state index in [1.165, 1.54) is 12.1 Å². The van der Waals surface area contributed by atoms with E-state index in [2.05, 4.69) is 15.7 Å². The lowest BCUT2D eigenvalue weighted by Gasteiger charge is -2.10. The van der Waals surface area contributed by atoms with Crippen LogP contribution >= 0.6 is 0 Å². The van der Waals surface area contributed by atoms with Crippen LogP contribution in [0.25, 0.3) is 0 Å². The minimum absolute atomic E-state index is 0.208. The molecule has 0 spiro atoms. The van der Waals surface area contributed by atoms with E-state index in [9.17, 15) is 9.18 Å². The Morgan fingerprint density at radius 3 is 2.90 bits per heavy atom. The average Bonchev–Trinajstić information content (AvgIpc) is 2.84. The molecule has 2 aromatic rings. The molecule has 5 nitrogen and oxygen atoms in total. The highest BCUT2D eigenvalue weighted by atomic mass is 19.1. The number of benzene rings is 1. The predicted octanol–water partition coefficient (Wildman–Crippen LogP) is 1.80. The third-order valence-electron chi connectivity index (χ3n) is 2.90. The number of carbonyl (C=O) groups is 1. The molecule has 2 rings (SSSR count). The number of carbonyl (C=O) groups excluding carboxylic acids is 1. The van der Waals surface area contributed by atoms with Gasteiger partial charge in [-0.2, -0.15) is 5.10 Å². The molecule has 0 radical (unpaired) electrons. The molecule has 0 aliphatic rings. The third kappa shape index (κ3) is 3.14. The monoisotopic (exact) mass is 276 g/mol. The molecule has 0 aliphatic heterocycles. The molecule has 0 saturated carbocycles. The molecular formula is C14H17FN4O. The smallest absolute Gasteiger partial charge is 0.253 e. The normalized spacial score (nSPS) is 10.3. The Bertz CT molecular complexity index is 609. The van der Waals surface area contributed by atoms with E-state index in [-0.39, 0.29) is 11.6 Å². The average molecular weight is 276 g/mol. The van der Waals surface area contributed by atoms with Gasteiger partial charge in [0.1, 0.15) is 5.82 Å². The number of hydrogen-bond donors (Lipinski definition) is 2. The van der Waals surface area contributed by atoms with Gasteiger partial charge < -0.3 is 10.6 Å². The molecule has 0 bridgehead atoms. The summed E-state index contributed by atoms with van der Waals surface area (Å²) < 4.78 is 15.3. The van der Waals surface area contributed by atoms with Gasteiger partial charge in [0.15, 0.2) is 0 Å². The van der Waals surface area contributed by atoms with Crippen molar-refractivity contribution in [3.63, 3.8) is 0 Å². The fraction of sp³-hybridized carbons (Fsp3) is 0.286. The van der Waals surface area contributed by atoms with E-state index in [4.69, 9.17) is 0 Å². The lowest BCUT2D eigenvalue weighted by atomic mass is 10.1. The second kappa shape index (κ2) is 6.18. The van der Waals surface area contributed by atoms with Gasteiger partial charge in [-0.25, -0.2) is 4.39 Å². The molecule has 2 N–H and O–H groups in total. The first-order valence-corrected chi connectivity index (χ1v) is 6.35. The van der Waals surface area contributed by atoms with Gasteiger partial charge in [-0.3, -0.25) is 9.48 Å². The number of hydrogen-bond acceptors (Lipinski definition) is 3. The van der Waals surface area contributed by atoms with Crippen LogP contribution in [-0.2, 0) is 6.54 Å². The van der Waals surface area contributed by atoms with E-state index in [1.807, 2.05) is 13.1 Å². The van der Waals surface area contributed by atoms with Crippen LogP contribution in [0.4, 0.5) is 10.1 Å². The topological polar surface area (TPSA) is 59.0 Å². The number of halogens is 1. The van der Waals surface area contributed by atoms with E-state index < -0.39 is 5.82 Å². The highest BCUT2D eigenvalue weighted by molar-refractivity contribution is 5.99. The maximum atomic E-state index is 13.5. The first-order valence-electron chi connectivity index (χ1n) is 6.35. The van der Waals surface area contributed by atoms with Crippen molar-refractivity contribution < 1.29 is 9.18 Å². The standard InChI is InChI=1S/C14H17FN4O/c1-10-8-18-19(9-10)7-6-17-14(20)11-4-3-5-12(15)13(11)16-2/h3-5,8-9,16H,6-7H2,1-2H3,(H,17,20). The summed E-state index contributed by atoms with van der Waals surface area (Å²) in [5, 5.41) is 9.58. The Morgan fingerprint density at radius 1 is 1.45 bits per heavy atom. The van der Waals surface area contributed by atoms with Gasteiger partial charge in [-0.15, -0.1) is 0 Å². The van der Waals surface area contributed by atoms with Crippen molar-refractivity contribution in [1.82, 2.24) is 15.1 Å². The molecule has 0 atom stereocenters. The van der Waals surface area contributed by atoms with Crippen LogP contribution in [0.15, 0.2) is 30.6 Å². The summed E-state index contributed by atoms with van der Waals surface area (Å²) in [6.45, 7) is 2.96. The molecule has 1 aromatic heterocycles. The zero-order chi connectivity index (χ0) is 14.5. The molecule has 106 valence electrons. The maximum Gasteiger partial charge on any atom is 0.253 e. The van der Waals surface area contributed by atoms with Crippen LogP contribution in [0.3, 0.4) is 0 Å². The largest absolute Gasteiger partial charge is 0.385 e. The summed E-state index contributed by atoms with van der Waals surface area (Å²) in [4.78, 5) is 12.0. The number of anilines is 1. The highest BCUT2D eigenvalue weighted by Gasteiger charge is 2.13. The molecule has 0 fully saturated rings. The number of nitrogens with one attached hydrogen (secondary N) is 2. The quantitative estimate of drug-likeness (QED) is 0.875. The van der Waals surface area contributed by atoms with Crippen molar-refractivity contribution in [2.75, 3.05) is 18.9 Å². The molecule has 6 heteroatoms. The predicted molar refractivity (Wildman–Crippen MR) is 75.2 cm³/mol. The van der Waals surface area contributed by atoms with Gasteiger partial charge in [0.05, 0.1) is 24.0 Å². The molecule has 0 saturated heterocycles. The van der Waals surface area contributed by atoms with Gasteiger partial charge in [-0.05, 0) is 24.6 Å². The number of amides is 1. The molecular weight excluding hydrogens is 259 g/mol. The van der Waals surface area contributed by atoms with Crippen molar-refractivity contribution in [2.45, 2.75) is 13.5 Å². The molecule has 1 aromatic carbocycles. The van der Waals surface area contributed by atoms with Crippen LogP contribution in [0.2, 0.25) is 0 Å². The zero-order valence-corrected chi connectivity index (χ0v) is 11.5. The Balaban J connectivity index is 1.97. The summed E-state index contributed by atoms with van der Waals surface area (Å²) in [5.74, 6) is -0.749. The minimum Gasteiger partial charge on any atom is -0.385 e. The van der Waals surface area contributed by atoms with Crippen LogP contribution in [-0.4, -0.2) is 29.3 Å². The van der Waals surface area contributed by atoms with E-state index >= 15 is 0 Å². The number of nitrogens with zero attached hydrogens (tertiary/aromatic N) is 2. The minimum atomic E-state index is -0.442. The third-order valence-corrected chi connectivity index (χ3v) is 2.90. The van der Waals surface area contributed by atoms with Crippen LogP contribution < -0.4 is 10.6 Å². The summed E-state index contributed by atoms with van der Waals surface area (Å²) in [5.41, 5.74) is 1.57. The second-order valence-electron chi connectivity index (χ2n) is 4.45. The summed E-state index contributed by atoms with van der Waals surface area (Å²) in [6.07, 6.45) is 3.65. The summed E-state index contributed by atoms with van der Waals surface area (Å²) >= 11 is 0. The SMILES string of the molecule is CNc1c(F)cccc1C(=O)NCCn1cc(C)cn1. The fourth-order valence-corrected chi connectivity index (χ4v) is 1.94. The fourth-order valence-electron chi connectivity index (χ4n) is 1.94. The summed E-state index contributed by atoms with van der Waals surface area (Å²) in [6, 6.07) is 4.42. The summed E-state index contributed by atoms with van der Waals surface area (Å²) in [7, 11) is 1.59. The van der Waals surface area contributed by atoms with Gasteiger partial charge in [0, 0.05) is 19.8 Å². The maximum absolute atomic E-state index is 13.5. The lowest BCUT2D eigenvalue weighted by molar-refractivity contribution is 0.0952. The Kier molecular flexibility index (Phi) is 4.34. The van der Waals surface area contributed by atoms with Crippen LogP contribution in [0.1, 0.15) is 15.9 Å². The van der Waals surface area contributed by atoms with Crippen molar-refractivity contribution in [1.29, 1.82) is 0 Å². The van der Waals surface area contributed by atoms with E-state index in [0.29, 0.717) is 18.7 Å². The number of rotatable bonds is 5. The van der Waals surface area contributed by atoms with Crippen LogP contribution in [0.5, 0.6) is 0 Å². The Labute approximate surface area is 116 Å². The number of aryl methyl sites for hydroxylation is 1. The highest BCUT2D eigenvalue weighted by Crippen LogP contribution is 2.18. The lowest BCUT2D eigenvalue weighted by Crippen LogP contribution is -2.28. The van der Waals surface area contributed by atoms with Crippen molar-refractivity contribution in [2.24, 2.45) is 0 Å². The Hall–Kier alpha value is -2.37. The van der Waals surface area contributed by atoms with Crippen molar-refractivity contribution in [3.05, 3.63) is 47.5 Å². The van der Waals surface area contributed by atoms with Crippen molar-refractivity contribution >= 4 is 11.6 Å². The molecule has 1 amide bonds. The van der Waals surface area contributed by atoms with Crippen LogP contribution in [0, 0.1) is 12.7 Å². The first kappa shape index (κ1) is 14.0. The molecule has 20 heavy (non-hydrogen) atoms. The zero-order valence-electron chi connectivity index (χ0n) is 11.5. The number of aromatic nitrogens is 2. The first-order chi connectivity index (χ1) is 9.61. The molecule has 1 heterocycles. The van der Waals surface area contributed by atoms with Gasteiger partial charge >= 0.3 is 0 Å². The number of para-hydroxylation sites is 1. The molecule has 0 unspecified atom stereocenters. The van der Waals surface area contributed by atoms with Gasteiger partial charge in [-0.1, -0.05) is 6.07 Å². The second-order valence-corrected chi connectivity index (χ2v) is 4.45. The Morgan fingerprint density at radius 2 is 2.25 bits per heavy atom. The van der Waals surface area contributed by atoms with E-state index in [0.717, 1.165) is 5.56 Å². The molecule has 0 aliphatic carbocycles. The van der Waals surface area contributed by atoms with E-state index in [1.54, 1.807) is 24.0 Å². The van der Waals surface area contributed by atoms with Crippen molar-refractivity contribution in [3.8, 4) is 0 Å². The van der Waals surface area contributed by atoms with Gasteiger partial charge in [0.25, 0.3) is 5.91 Å².